The fourth-order valence-electron chi connectivity index (χ4n) is 2.38. The van der Waals surface area contributed by atoms with Crippen molar-refractivity contribution in [3.8, 4) is 0 Å². The van der Waals surface area contributed by atoms with Gasteiger partial charge in [-0.2, -0.15) is 9.40 Å². The summed E-state index contributed by atoms with van der Waals surface area (Å²) in [4.78, 5) is 0.366. The Morgan fingerprint density at radius 3 is 2.67 bits per heavy atom. The van der Waals surface area contributed by atoms with E-state index in [0.29, 0.717) is 18.0 Å². The molecule has 0 saturated carbocycles. The van der Waals surface area contributed by atoms with Crippen LogP contribution < -0.4 is 0 Å². The maximum Gasteiger partial charge on any atom is 0.243 e. The van der Waals surface area contributed by atoms with E-state index < -0.39 is 10.0 Å². The third kappa shape index (κ3) is 1.72. The molecule has 2 aromatic rings. The molecular weight excluding hydrogens is 250 g/mol. The molecule has 0 amide bonds. The Bertz CT molecular complexity index is 684. The molecule has 0 spiro atoms. The van der Waals surface area contributed by atoms with Crippen molar-refractivity contribution < 1.29 is 8.42 Å². The van der Waals surface area contributed by atoms with Gasteiger partial charge in [-0.3, -0.25) is 4.68 Å². The van der Waals surface area contributed by atoms with Gasteiger partial charge in [0.2, 0.25) is 10.0 Å². The van der Waals surface area contributed by atoms with Crippen molar-refractivity contribution >= 4 is 20.9 Å². The van der Waals surface area contributed by atoms with Crippen LogP contribution in [0.2, 0.25) is 0 Å². The van der Waals surface area contributed by atoms with Gasteiger partial charge in [0, 0.05) is 25.5 Å². The van der Waals surface area contributed by atoms with Crippen LogP contribution in [0, 0.1) is 0 Å². The van der Waals surface area contributed by atoms with Gasteiger partial charge in [0.15, 0.2) is 0 Å². The second-order valence-electron chi connectivity index (χ2n) is 4.60. The minimum atomic E-state index is -3.32. The summed E-state index contributed by atoms with van der Waals surface area (Å²) in [6, 6.07) is 5.18. The molecule has 0 atom stereocenters. The monoisotopic (exact) mass is 265 g/mol. The van der Waals surface area contributed by atoms with Gasteiger partial charge in [-0.05, 0) is 31.0 Å². The first kappa shape index (κ1) is 11.7. The first-order valence-electron chi connectivity index (χ1n) is 6.01. The van der Waals surface area contributed by atoms with Gasteiger partial charge in [0.25, 0.3) is 0 Å². The molecule has 1 aromatic heterocycles. The van der Waals surface area contributed by atoms with E-state index in [1.807, 2.05) is 13.1 Å². The number of benzene rings is 1. The van der Waals surface area contributed by atoms with E-state index in [1.165, 1.54) is 0 Å². The van der Waals surface area contributed by atoms with Crippen LogP contribution in [0.3, 0.4) is 0 Å². The van der Waals surface area contributed by atoms with E-state index >= 15 is 0 Å². The summed E-state index contributed by atoms with van der Waals surface area (Å²) < 4.78 is 28.1. The SMILES string of the molecule is Cn1ncc2cc(S(=O)(=O)N3CCCC3)ccc21. The second-order valence-corrected chi connectivity index (χ2v) is 6.54. The molecule has 5 nitrogen and oxygen atoms in total. The largest absolute Gasteiger partial charge is 0.268 e. The van der Waals surface area contributed by atoms with Crippen molar-refractivity contribution in [1.29, 1.82) is 0 Å². The van der Waals surface area contributed by atoms with Gasteiger partial charge in [-0.1, -0.05) is 0 Å². The Morgan fingerprint density at radius 2 is 1.94 bits per heavy atom. The van der Waals surface area contributed by atoms with Gasteiger partial charge < -0.3 is 0 Å². The topological polar surface area (TPSA) is 55.2 Å². The Balaban J connectivity index is 2.08. The van der Waals surface area contributed by atoms with Crippen LogP contribution in [-0.2, 0) is 17.1 Å². The van der Waals surface area contributed by atoms with Crippen LogP contribution in [0.1, 0.15) is 12.8 Å². The molecule has 0 aliphatic carbocycles. The second kappa shape index (κ2) is 4.07. The quantitative estimate of drug-likeness (QED) is 0.823. The standard InChI is InChI=1S/C12H15N3O2S/c1-14-12-5-4-11(8-10(12)9-13-14)18(16,17)15-6-2-3-7-15/h4-5,8-9H,2-3,6-7H2,1H3. The Labute approximate surface area is 106 Å². The number of aryl methyl sites for hydroxylation is 1. The third-order valence-electron chi connectivity index (χ3n) is 3.42. The maximum atomic E-state index is 12.4. The number of rotatable bonds is 2. The van der Waals surface area contributed by atoms with E-state index in [2.05, 4.69) is 5.10 Å². The van der Waals surface area contributed by atoms with Crippen LogP contribution >= 0.6 is 0 Å². The van der Waals surface area contributed by atoms with Gasteiger partial charge in [-0.25, -0.2) is 8.42 Å². The van der Waals surface area contributed by atoms with Gasteiger partial charge in [-0.15, -0.1) is 0 Å². The highest BCUT2D eigenvalue weighted by atomic mass is 32.2. The lowest BCUT2D eigenvalue weighted by atomic mass is 10.2. The average Bonchev–Trinajstić information content (AvgIpc) is 2.99. The van der Waals surface area contributed by atoms with Gasteiger partial charge in [0.05, 0.1) is 16.6 Å². The Kier molecular flexibility index (Phi) is 2.64. The molecule has 1 aliphatic rings. The number of sulfonamides is 1. The third-order valence-corrected chi connectivity index (χ3v) is 5.32. The van der Waals surface area contributed by atoms with E-state index in [4.69, 9.17) is 0 Å². The summed E-state index contributed by atoms with van der Waals surface area (Å²) in [6.45, 7) is 1.26. The molecule has 2 heterocycles. The fourth-order valence-corrected chi connectivity index (χ4v) is 3.93. The minimum Gasteiger partial charge on any atom is -0.268 e. The number of aromatic nitrogens is 2. The molecule has 18 heavy (non-hydrogen) atoms. The van der Waals surface area contributed by atoms with Crippen molar-refractivity contribution in [1.82, 2.24) is 14.1 Å². The van der Waals surface area contributed by atoms with Crippen LogP contribution in [0.5, 0.6) is 0 Å². The zero-order valence-corrected chi connectivity index (χ0v) is 11.0. The zero-order valence-electron chi connectivity index (χ0n) is 10.2. The molecule has 0 bridgehead atoms. The van der Waals surface area contributed by atoms with Crippen LogP contribution in [0.15, 0.2) is 29.3 Å². The Morgan fingerprint density at radius 1 is 1.22 bits per heavy atom. The molecule has 1 aliphatic heterocycles. The molecule has 96 valence electrons. The van der Waals surface area contributed by atoms with Crippen LogP contribution in [0.4, 0.5) is 0 Å². The summed E-state index contributed by atoms with van der Waals surface area (Å²) in [6.07, 6.45) is 3.60. The normalized spacial score (nSPS) is 17.6. The maximum absolute atomic E-state index is 12.4. The average molecular weight is 265 g/mol. The van der Waals surface area contributed by atoms with Crippen LogP contribution in [-0.4, -0.2) is 35.6 Å². The molecule has 0 radical (unpaired) electrons. The molecule has 1 fully saturated rings. The smallest absolute Gasteiger partial charge is 0.243 e. The summed E-state index contributed by atoms with van der Waals surface area (Å²) in [5.74, 6) is 0. The van der Waals surface area contributed by atoms with Crippen molar-refractivity contribution in [3.05, 3.63) is 24.4 Å². The lowest BCUT2D eigenvalue weighted by Crippen LogP contribution is -2.27. The number of hydrogen-bond acceptors (Lipinski definition) is 3. The highest BCUT2D eigenvalue weighted by molar-refractivity contribution is 7.89. The minimum absolute atomic E-state index is 0.366. The summed E-state index contributed by atoms with van der Waals surface area (Å²) in [5, 5.41) is 4.98. The van der Waals surface area contributed by atoms with Crippen molar-refractivity contribution in [2.75, 3.05) is 13.1 Å². The number of hydrogen-bond donors (Lipinski definition) is 0. The van der Waals surface area contributed by atoms with Crippen LogP contribution in [0.25, 0.3) is 10.9 Å². The van der Waals surface area contributed by atoms with E-state index in [-0.39, 0.29) is 0 Å². The summed E-state index contributed by atoms with van der Waals surface area (Å²) >= 11 is 0. The van der Waals surface area contributed by atoms with Crippen molar-refractivity contribution in [3.63, 3.8) is 0 Å². The van der Waals surface area contributed by atoms with E-state index in [0.717, 1.165) is 23.7 Å². The summed E-state index contributed by atoms with van der Waals surface area (Å²) in [5.41, 5.74) is 0.940. The predicted octanol–water partition coefficient (Wildman–Crippen LogP) is 1.36. The highest BCUT2D eigenvalue weighted by Crippen LogP contribution is 2.24. The molecular formula is C12H15N3O2S. The molecule has 1 aromatic carbocycles. The molecule has 3 rings (SSSR count). The molecule has 0 unspecified atom stereocenters. The van der Waals surface area contributed by atoms with E-state index in [9.17, 15) is 8.42 Å². The highest BCUT2D eigenvalue weighted by Gasteiger charge is 2.27. The molecule has 1 saturated heterocycles. The van der Waals surface area contributed by atoms with Crippen molar-refractivity contribution in [2.45, 2.75) is 17.7 Å². The first-order chi connectivity index (χ1) is 8.59. The first-order valence-corrected chi connectivity index (χ1v) is 7.45. The fraction of sp³-hybridized carbons (Fsp3) is 0.417. The van der Waals surface area contributed by atoms with Gasteiger partial charge >= 0.3 is 0 Å². The van der Waals surface area contributed by atoms with E-state index in [1.54, 1.807) is 27.3 Å². The molecule has 6 heteroatoms. The lowest BCUT2D eigenvalue weighted by molar-refractivity contribution is 0.477. The number of fused-ring (bicyclic) bond motifs is 1. The zero-order chi connectivity index (χ0) is 12.8. The number of nitrogens with zero attached hydrogens (tertiary/aromatic N) is 3. The van der Waals surface area contributed by atoms with Crippen molar-refractivity contribution in [2.24, 2.45) is 7.05 Å². The lowest BCUT2D eigenvalue weighted by Gasteiger charge is -2.15. The Hall–Kier alpha value is -1.40. The van der Waals surface area contributed by atoms with Gasteiger partial charge in [0.1, 0.15) is 0 Å². The predicted molar refractivity (Wildman–Crippen MR) is 68.7 cm³/mol. The molecule has 0 N–H and O–H groups in total. The summed E-state index contributed by atoms with van der Waals surface area (Å²) in [7, 11) is -1.48.